The Hall–Kier alpha value is -1.31. The first-order valence-electron chi connectivity index (χ1n) is 10.4. The van der Waals surface area contributed by atoms with Crippen molar-refractivity contribution in [1.29, 1.82) is 0 Å². The van der Waals surface area contributed by atoms with E-state index in [0.717, 1.165) is 47.2 Å². The summed E-state index contributed by atoms with van der Waals surface area (Å²) in [6.45, 7) is 7.74. The van der Waals surface area contributed by atoms with Crippen LogP contribution in [-0.4, -0.2) is 47.7 Å². The molecule has 0 fully saturated rings. The van der Waals surface area contributed by atoms with Gasteiger partial charge in [-0.15, -0.1) is 24.2 Å². The van der Waals surface area contributed by atoms with Gasteiger partial charge in [0.2, 0.25) is 5.91 Å². The summed E-state index contributed by atoms with van der Waals surface area (Å²) in [4.78, 5) is 23.3. The number of hydrogen-bond donors (Lipinski definition) is 0. The molecule has 0 spiro atoms. The molecule has 0 aliphatic carbocycles. The molecule has 0 bridgehead atoms. The van der Waals surface area contributed by atoms with Crippen LogP contribution in [0.4, 0.5) is 5.13 Å². The SMILES string of the molecule is CCN(CC)CCN(C(=O)CCCSc1ccccc1)c1nc2ccc(Cl)cc2s1.Cl. The molecule has 1 amide bonds. The lowest BCUT2D eigenvalue weighted by atomic mass is 10.3. The lowest BCUT2D eigenvalue weighted by molar-refractivity contribution is -0.118. The summed E-state index contributed by atoms with van der Waals surface area (Å²) in [6, 6.07) is 16.0. The Labute approximate surface area is 204 Å². The fourth-order valence-corrected chi connectivity index (χ4v) is 5.33. The molecule has 8 heteroatoms. The maximum Gasteiger partial charge on any atom is 0.228 e. The highest BCUT2D eigenvalue weighted by molar-refractivity contribution is 7.99. The minimum Gasteiger partial charge on any atom is -0.302 e. The van der Waals surface area contributed by atoms with Crippen LogP contribution in [0.3, 0.4) is 0 Å². The predicted octanol–water partition coefficient (Wildman–Crippen LogP) is 6.62. The molecule has 1 aromatic heterocycles. The number of amides is 1. The van der Waals surface area contributed by atoms with E-state index in [1.807, 2.05) is 41.3 Å². The standard InChI is InChI=1S/C23H28ClN3OS2.ClH/c1-3-26(4-2)14-15-27(23-25-20-13-12-18(24)17-21(20)30-23)22(28)11-8-16-29-19-9-6-5-7-10-19;/h5-7,9-10,12-13,17H,3-4,8,11,14-16H2,1-2H3;1H. The summed E-state index contributed by atoms with van der Waals surface area (Å²) in [6.07, 6.45) is 1.37. The molecule has 0 atom stereocenters. The zero-order chi connectivity index (χ0) is 21.3. The summed E-state index contributed by atoms with van der Waals surface area (Å²) < 4.78 is 1.01. The van der Waals surface area contributed by atoms with Gasteiger partial charge in [-0.05, 0) is 55.6 Å². The smallest absolute Gasteiger partial charge is 0.228 e. The lowest BCUT2D eigenvalue weighted by Gasteiger charge is -2.24. The van der Waals surface area contributed by atoms with Crippen molar-refractivity contribution in [3.63, 3.8) is 0 Å². The summed E-state index contributed by atoms with van der Waals surface area (Å²) >= 11 is 9.47. The highest BCUT2D eigenvalue weighted by atomic mass is 35.5. The Morgan fingerprint density at radius 1 is 1.10 bits per heavy atom. The molecule has 0 aliphatic heterocycles. The Balaban J connectivity index is 0.00000341. The Morgan fingerprint density at radius 2 is 1.84 bits per heavy atom. The van der Waals surface area contributed by atoms with Crippen LogP contribution in [-0.2, 0) is 4.79 Å². The number of nitrogens with zero attached hydrogens (tertiary/aromatic N) is 3. The number of hydrogen-bond acceptors (Lipinski definition) is 5. The minimum absolute atomic E-state index is 0. The highest BCUT2D eigenvalue weighted by Crippen LogP contribution is 2.31. The summed E-state index contributed by atoms with van der Waals surface area (Å²) in [7, 11) is 0. The molecule has 0 N–H and O–H groups in total. The number of aromatic nitrogens is 1. The summed E-state index contributed by atoms with van der Waals surface area (Å²) in [5.74, 6) is 1.07. The van der Waals surface area contributed by atoms with Crippen LogP contribution in [0.15, 0.2) is 53.4 Å². The molecular formula is C23H29Cl2N3OS2. The molecule has 0 saturated heterocycles. The first-order chi connectivity index (χ1) is 14.6. The number of anilines is 1. The largest absolute Gasteiger partial charge is 0.302 e. The van der Waals surface area contributed by atoms with Gasteiger partial charge >= 0.3 is 0 Å². The van der Waals surface area contributed by atoms with Crippen LogP contribution in [0.5, 0.6) is 0 Å². The highest BCUT2D eigenvalue weighted by Gasteiger charge is 2.20. The van der Waals surface area contributed by atoms with E-state index in [0.29, 0.717) is 18.0 Å². The molecular weight excluding hydrogens is 469 g/mol. The molecule has 2 aromatic carbocycles. The summed E-state index contributed by atoms with van der Waals surface area (Å²) in [5, 5.41) is 1.46. The maximum atomic E-state index is 13.1. The van der Waals surface area contributed by atoms with Crippen molar-refractivity contribution < 1.29 is 4.79 Å². The zero-order valence-electron chi connectivity index (χ0n) is 17.9. The number of fused-ring (bicyclic) bond motifs is 1. The van der Waals surface area contributed by atoms with Gasteiger partial charge in [-0.2, -0.15) is 0 Å². The fraction of sp³-hybridized carbons (Fsp3) is 0.391. The van der Waals surface area contributed by atoms with E-state index in [4.69, 9.17) is 16.6 Å². The Morgan fingerprint density at radius 3 is 2.55 bits per heavy atom. The van der Waals surface area contributed by atoms with Crippen molar-refractivity contribution in [1.82, 2.24) is 9.88 Å². The van der Waals surface area contributed by atoms with Gasteiger partial charge in [0, 0.05) is 29.4 Å². The van der Waals surface area contributed by atoms with E-state index in [2.05, 4.69) is 30.9 Å². The number of likely N-dealkylation sites (N-methyl/N-ethyl adjacent to an activating group) is 1. The van der Waals surface area contributed by atoms with E-state index in [9.17, 15) is 4.79 Å². The molecule has 3 rings (SSSR count). The Bertz CT molecular complexity index is 948. The predicted molar refractivity (Wildman–Crippen MR) is 138 cm³/mol. The first-order valence-corrected chi connectivity index (χ1v) is 12.6. The number of thioether (sulfide) groups is 1. The second-order valence-electron chi connectivity index (χ2n) is 6.95. The first kappa shape index (κ1) is 25.9. The monoisotopic (exact) mass is 497 g/mol. The molecule has 168 valence electrons. The van der Waals surface area contributed by atoms with Gasteiger partial charge in [0.15, 0.2) is 5.13 Å². The van der Waals surface area contributed by atoms with Crippen LogP contribution < -0.4 is 4.90 Å². The van der Waals surface area contributed by atoms with Crippen LogP contribution in [0.2, 0.25) is 5.02 Å². The zero-order valence-corrected chi connectivity index (χ0v) is 21.1. The van der Waals surface area contributed by atoms with Crippen LogP contribution >= 0.6 is 47.1 Å². The second-order valence-corrected chi connectivity index (χ2v) is 9.56. The molecule has 0 saturated carbocycles. The van der Waals surface area contributed by atoms with E-state index in [-0.39, 0.29) is 18.3 Å². The fourth-order valence-electron chi connectivity index (χ4n) is 3.18. The summed E-state index contributed by atoms with van der Waals surface area (Å²) in [5.41, 5.74) is 0.889. The lowest BCUT2D eigenvalue weighted by Crippen LogP contribution is -2.38. The third-order valence-corrected chi connectivity index (χ3v) is 7.33. The second kappa shape index (κ2) is 13.3. The van der Waals surface area contributed by atoms with Crippen LogP contribution in [0.1, 0.15) is 26.7 Å². The quantitative estimate of drug-likeness (QED) is 0.220. The van der Waals surface area contributed by atoms with Crippen LogP contribution in [0.25, 0.3) is 10.2 Å². The topological polar surface area (TPSA) is 36.4 Å². The van der Waals surface area contributed by atoms with Crippen molar-refractivity contribution in [3.8, 4) is 0 Å². The number of thiazole rings is 1. The minimum atomic E-state index is 0. The van der Waals surface area contributed by atoms with Gasteiger partial charge in [0.1, 0.15) is 0 Å². The van der Waals surface area contributed by atoms with E-state index >= 15 is 0 Å². The molecule has 0 radical (unpaired) electrons. The van der Waals surface area contributed by atoms with E-state index in [1.165, 1.54) is 16.2 Å². The van der Waals surface area contributed by atoms with Gasteiger partial charge in [0.25, 0.3) is 0 Å². The number of carbonyl (C=O) groups is 1. The molecule has 0 aliphatic rings. The molecule has 3 aromatic rings. The van der Waals surface area contributed by atoms with Gasteiger partial charge in [-0.25, -0.2) is 4.98 Å². The van der Waals surface area contributed by atoms with Crippen molar-refractivity contribution >= 4 is 68.4 Å². The van der Waals surface area contributed by atoms with Crippen molar-refractivity contribution in [2.24, 2.45) is 0 Å². The van der Waals surface area contributed by atoms with Crippen molar-refractivity contribution in [2.75, 3.05) is 36.8 Å². The number of carbonyl (C=O) groups excluding carboxylic acids is 1. The number of rotatable bonds is 11. The Kier molecular flexibility index (Phi) is 11.1. The van der Waals surface area contributed by atoms with Crippen molar-refractivity contribution in [2.45, 2.75) is 31.6 Å². The van der Waals surface area contributed by atoms with Gasteiger partial charge < -0.3 is 4.90 Å². The third-order valence-electron chi connectivity index (χ3n) is 4.95. The number of benzene rings is 2. The molecule has 4 nitrogen and oxygen atoms in total. The molecule has 0 unspecified atom stereocenters. The van der Waals surface area contributed by atoms with Crippen LogP contribution in [0, 0.1) is 0 Å². The van der Waals surface area contributed by atoms with Gasteiger partial charge in [-0.3, -0.25) is 9.69 Å². The van der Waals surface area contributed by atoms with Gasteiger partial charge in [-0.1, -0.05) is 55.0 Å². The average Bonchev–Trinajstić information content (AvgIpc) is 3.17. The van der Waals surface area contributed by atoms with Gasteiger partial charge in [0.05, 0.1) is 10.2 Å². The molecule has 31 heavy (non-hydrogen) atoms. The molecule has 1 heterocycles. The van der Waals surface area contributed by atoms with E-state index in [1.54, 1.807) is 11.8 Å². The number of halogens is 2. The average molecular weight is 499 g/mol. The maximum absolute atomic E-state index is 13.1. The van der Waals surface area contributed by atoms with E-state index < -0.39 is 0 Å². The van der Waals surface area contributed by atoms with Crippen molar-refractivity contribution in [3.05, 3.63) is 53.6 Å². The normalized spacial score (nSPS) is 11.0. The third kappa shape index (κ3) is 7.65.